The summed E-state index contributed by atoms with van der Waals surface area (Å²) < 4.78 is 116. The van der Waals surface area contributed by atoms with E-state index in [0.717, 1.165) is 61.6 Å². The number of carbonyl (C=O) groups excluding carboxylic acids is 6. The van der Waals surface area contributed by atoms with Gasteiger partial charge in [0, 0.05) is 90.7 Å². The molecule has 6 aliphatic rings. The number of amides is 6. The van der Waals surface area contributed by atoms with Gasteiger partial charge in [0.15, 0.2) is 0 Å². The van der Waals surface area contributed by atoms with Crippen molar-refractivity contribution < 1.29 is 63.9 Å². The third kappa shape index (κ3) is 15.9. The molecule has 12 N–H and O–H groups in total. The number of aromatic nitrogens is 12. The first-order chi connectivity index (χ1) is 54.0. The average Bonchev–Trinajstić information content (AvgIpc) is 1.58. The summed E-state index contributed by atoms with van der Waals surface area (Å²) in [5.74, 6) is 11.2. The minimum Gasteiger partial charge on any atom is -0.383 e. The second-order valence-electron chi connectivity index (χ2n) is 29.9. The Kier molecular flexibility index (Phi) is 21.6. The Morgan fingerprint density at radius 1 is 0.518 bits per heavy atom. The Hall–Kier alpha value is -12.5. The number of nitrogen functional groups attached to an aromatic ring is 3. The summed E-state index contributed by atoms with van der Waals surface area (Å²) in [7, 11) is 0. The van der Waals surface area contributed by atoms with Gasteiger partial charge in [-0.2, -0.15) is 56.9 Å². The third-order valence-corrected chi connectivity index (χ3v) is 22.4. The summed E-state index contributed by atoms with van der Waals surface area (Å²) in [6.45, 7) is 10.5. The number of primary amides is 3. The quantitative estimate of drug-likeness (QED) is 0.0411. The Bertz CT molecular complexity index is 5370. The van der Waals surface area contributed by atoms with Crippen LogP contribution in [-0.4, -0.2) is 148 Å². The van der Waals surface area contributed by atoms with Crippen LogP contribution in [0.1, 0.15) is 161 Å². The number of hydrogen-bond acceptors (Lipinski definition) is 15. The summed E-state index contributed by atoms with van der Waals surface area (Å²) in [5.41, 5.74) is 37.3. The summed E-state index contributed by atoms with van der Waals surface area (Å²) in [4.78, 5) is 78.8. The molecular formula is C78H78ClF8N21O6. The summed E-state index contributed by atoms with van der Waals surface area (Å²) in [6, 6.07) is 12.6. The highest BCUT2D eigenvalue weighted by Crippen LogP contribution is 2.58. The SMILES string of the molecule is CC#CC(=O)N1CCC2(CC(n3nc(-c4cn(Cc5cccc(Cl)c5)nc4C)c(C(N)=O)c3N)C2)C1.CC#CC(=O)N1CCC2(CC(n3nc(-c4cnn(Cc5cc(C(F)(F)F)ccc5F)c4)c(C(N)=O)c3N)C2)C1.CC#CC(=O)N1CCC2(CC(n3nc(-c4cnn(Cc5cccc(C(F)(F)F)c5F)c4)c(C(N)=O)c3N)C2)C1. The van der Waals surface area contributed by atoms with E-state index in [-0.39, 0.29) is 122 Å². The molecule has 6 amide bonds. The third-order valence-electron chi connectivity index (χ3n) is 22.2. The smallest absolute Gasteiger partial charge is 0.383 e. The van der Waals surface area contributed by atoms with Crippen LogP contribution in [0, 0.1) is 70.3 Å². The van der Waals surface area contributed by atoms with E-state index in [1.165, 1.54) is 40.2 Å². The largest absolute Gasteiger partial charge is 0.419 e. The predicted octanol–water partition coefficient (Wildman–Crippen LogP) is 9.44. The number of nitrogens with zero attached hydrogens (tertiary/aromatic N) is 15. The predicted molar refractivity (Wildman–Crippen MR) is 401 cm³/mol. The molecule has 594 valence electrons. The standard InChI is InChI=1S/C26H28ClN7O2.2C26H25F4N7O2/c1-3-5-21(35)32-9-8-26(15-32)11-19(12-26)34-24(28)22(25(29)36)23(31-34)20-14-33(30-16(20)2)13-17-6-4-7-18(27)10-17;1-2-4-19(38)35-8-7-25(14-35)9-17(10-25)37-23(31)20(24(32)39)22(34-37)16-11-33-36(13-16)12-15-5-3-6-18(21(15)27)26(28,29)30;1-2-3-20(38)35-7-6-25(14-35)9-18(10-25)37-23(31)21(24(32)39)22(34-37)16-11-33-36(13-16)12-15-8-17(26(28,29)30)4-5-19(15)27/h4,6-7,10,14,19H,8-9,11-13,15,28H2,1-2H3,(H2,29,36);3,5-6,11,13,17H,7-10,12,14,31H2,1H3,(H2,32,39);4-5,8,11,13,18H,6-7,9-10,12,14,31H2,1H3,(H2,32,39). The van der Waals surface area contributed by atoms with Crippen molar-refractivity contribution in [3.8, 4) is 69.3 Å². The van der Waals surface area contributed by atoms with Gasteiger partial charge in [-0.3, -0.25) is 42.8 Å². The Morgan fingerprint density at radius 2 is 0.939 bits per heavy atom. The van der Waals surface area contributed by atoms with Gasteiger partial charge in [0.1, 0.15) is 62.9 Å². The number of hydrogen-bond donors (Lipinski definition) is 6. The summed E-state index contributed by atoms with van der Waals surface area (Å²) in [6.07, 6.45) is 5.06. The number of aryl methyl sites for hydroxylation is 1. The van der Waals surface area contributed by atoms with Crippen molar-refractivity contribution in [2.45, 2.75) is 136 Å². The van der Waals surface area contributed by atoms with Gasteiger partial charge < -0.3 is 49.1 Å². The molecule has 6 aromatic heterocycles. The van der Waals surface area contributed by atoms with Crippen LogP contribution in [0.5, 0.6) is 0 Å². The van der Waals surface area contributed by atoms with Crippen LogP contribution in [0.15, 0.2) is 91.6 Å². The molecule has 9 aromatic rings. The van der Waals surface area contributed by atoms with Gasteiger partial charge in [0.05, 0.1) is 67.0 Å². The minimum absolute atomic E-state index is 0.00203. The summed E-state index contributed by atoms with van der Waals surface area (Å²) >= 11 is 6.12. The van der Waals surface area contributed by atoms with Gasteiger partial charge in [0.2, 0.25) is 0 Å². The maximum Gasteiger partial charge on any atom is 0.419 e. The second-order valence-corrected chi connectivity index (χ2v) is 30.3. The first-order valence-electron chi connectivity index (χ1n) is 36.3. The molecule has 6 fully saturated rings. The lowest BCUT2D eigenvalue weighted by Crippen LogP contribution is -2.42. The fourth-order valence-corrected chi connectivity index (χ4v) is 16.9. The lowest BCUT2D eigenvalue weighted by molar-refractivity contribution is -0.140. The van der Waals surface area contributed by atoms with Crippen molar-refractivity contribution in [1.29, 1.82) is 0 Å². The van der Waals surface area contributed by atoms with Crippen LogP contribution in [0.25, 0.3) is 33.8 Å². The number of halogens is 9. The lowest BCUT2D eigenvalue weighted by Gasteiger charge is -2.45. The molecule has 3 saturated heterocycles. The van der Waals surface area contributed by atoms with Crippen molar-refractivity contribution >= 4 is 64.5 Å². The number of rotatable bonds is 15. The molecule has 0 bridgehead atoms. The van der Waals surface area contributed by atoms with Crippen LogP contribution in [-0.2, 0) is 46.4 Å². The second kappa shape index (κ2) is 30.9. The highest BCUT2D eigenvalue weighted by molar-refractivity contribution is 6.30. The maximum absolute atomic E-state index is 14.5. The number of alkyl halides is 6. The van der Waals surface area contributed by atoms with Crippen molar-refractivity contribution in [1.82, 2.24) is 73.4 Å². The van der Waals surface area contributed by atoms with Crippen LogP contribution < -0.4 is 34.4 Å². The first-order valence-corrected chi connectivity index (χ1v) is 36.6. The molecule has 114 heavy (non-hydrogen) atoms. The number of benzene rings is 3. The highest BCUT2D eigenvalue weighted by Gasteiger charge is 2.54. The van der Waals surface area contributed by atoms with Crippen molar-refractivity contribution in [2.24, 2.45) is 33.4 Å². The molecule has 0 atom stereocenters. The maximum atomic E-state index is 14.5. The fraction of sp³-hybridized carbons (Fsp3) is 0.385. The Morgan fingerprint density at radius 3 is 1.35 bits per heavy atom. The minimum atomic E-state index is -4.83. The molecule has 3 aliphatic carbocycles. The Labute approximate surface area is 652 Å². The molecular weight excluding hydrogens is 1510 g/mol. The molecule has 3 aromatic carbocycles. The van der Waals surface area contributed by atoms with E-state index in [4.69, 9.17) is 51.1 Å². The molecule has 27 nitrogen and oxygen atoms in total. The molecule has 3 spiro atoms. The molecule has 3 aliphatic heterocycles. The van der Waals surface area contributed by atoms with Crippen LogP contribution >= 0.6 is 11.6 Å². The van der Waals surface area contributed by atoms with Gasteiger partial charge in [-0.25, -0.2) is 22.8 Å². The number of anilines is 3. The number of nitrogens with two attached hydrogens (primary N) is 6. The average molecular weight is 1590 g/mol. The fourth-order valence-electron chi connectivity index (χ4n) is 16.7. The lowest BCUT2D eigenvalue weighted by atomic mass is 9.65. The van der Waals surface area contributed by atoms with E-state index in [1.54, 1.807) is 49.3 Å². The zero-order chi connectivity index (χ0) is 81.8. The van der Waals surface area contributed by atoms with Gasteiger partial charge in [-0.05, 0) is 161 Å². The molecule has 36 heteroatoms. The van der Waals surface area contributed by atoms with E-state index in [1.807, 2.05) is 42.3 Å². The normalized spacial score (nSPS) is 20.6. The number of carbonyl (C=O) groups is 6. The van der Waals surface area contributed by atoms with Gasteiger partial charge in [-0.15, -0.1) is 0 Å². The van der Waals surface area contributed by atoms with Crippen LogP contribution in [0.4, 0.5) is 52.6 Å². The van der Waals surface area contributed by atoms with Gasteiger partial charge in [-0.1, -0.05) is 53.6 Å². The van der Waals surface area contributed by atoms with E-state index in [0.29, 0.717) is 111 Å². The monoisotopic (exact) mass is 1590 g/mol. The summed E-state index contributed by atoms with van der Waals surface area (Å²) in [5, 5.41) is 27.4. The van der Waals surface area contributed by atoms with Crippen LogP contribution in [0.3, 0.4) is 0 Å². The Balaban J connectivity index is 0.000000149. The van der Waals surface area contributed by atoms with Gasteiger partial charge >= 0.3 is 12.4 Å². The zero-order valence-electron chi connectivity index (χ0n) is 62.1. The van der Waals surface area contributed by atoms with Crippen molar-refractivity contribution in [2.75, 3.05) is 56.5 Å². The van der Waals surface area contributed by atoms with Crippen molar-refractivity contribution in [3.05, 3.63) is 159 Å². The number of likely N-dealkylation sites (tertiary alicyclic amines) is 3. The molecule has 0 radical (unpaired) electrons. The van der Waals surface area contributed by atoms with E-state index in [9.17, 15) is 63.9 Å². The van der Waals surface area contributed by atoms with Crippen LogP contribution in [0.2, 0.25) is 5.02 Å². The van der Waals surface area contributed by atoms with Gasteiger partial charge in [0.25, 0.3) is 35.4 Å². The molecule has 9 heterocycles. The zero-order valence-corrected chi connectivity index (χ0v) is 62.9. The molecule has 0 unspecified atom stereocenters. The van der Waals surface area contributed by atoms with Crippen molar-refractivity contribution in [3.63, 3.8) is 0 Å². The molecule has 3 saturated carbocycles. The first kappa shape index (κ1) is 79.6. The van der Waals surface area contributed by atoms with E-state index in [2.05, 4.69) is 61.0 Å². The topological polar surface area (TPSA) is 375 Å². The van der Waals surface area contributed by atoms with E-state index >= 15 is 0 Å². The highest BCUT2D eigenvalue weighted by atomic mass is 35.5. The van der Waals surface area contributed by atoms with E-state index < -0.39 is 52.8 Å². The molecule has 15 rings (SSSR count).